The van der Waals surface area contributed by atoms with Gasteiger partial charge in [-0.25, -0.2) is 0 Å². The molecule has 0 heterocycles. The zero-order chi connectivity index (χ0) is 11.7. The van der Waals surface area contributed by atoms with Crippen molar-refractivity contribution in [2.45, 2.75) is 39.5 Å². The third-order valence-corrected chi connectivity index (χ3v) is 2.23. The van der Waals surface area contributed by atoms with E-state index in [1.165, 1.54) is 0 Å². The Balaban J connectivity index is 4.26. The molecule has 3 nitrogen and oxygen atoms in total. The number of hydrogen-bond donors (Lipinski definition) is 0. The van der Waals surface area contributed by atoms with Crippen LogP contribution in [0.15, 0.2) is 24.0 Å². The quantitative estimate of drug-likeness (QED) is 0.293. The molecule has 0 rings (SSSR count). The summed E-state index contributed by atoms with van der Waals surface area (Å²) >= 11 is 0. The lowest BCUT2D eigenvalue weighted by molar-refractivity contribution is 0.423. The maximum absolute atomic E-state index is 10.9. The molecule has 0 bridgehead atoms. The molecule has 4 heteroatoms. The second kappa shape index (κ2) is 7.51. The summed E-state index contributed by atoms with van der Waals surface area (Å²) in [6, 6.07) is 0. The van der Waals surface area contributed by atoms with Gasteiger partial charge in [-0.2, -0.15) is 8.42 Å². The van der Waals surface area contributed by atoms with Crippen LogP contribution >= 0.6 is 0 Å². The first kappa shape index (κ1) is 14.2. The fraction of sp³-hybridized carbons (Fsp3) is 0.636. The average Bonchev–Trinajstić information content (AvgIpc) is 2.10. The predicted molar refractivity (Wildman–Crippen MR) is 63.0 cm³/mol. The van der Waals surface area contributed by atoms with Crippen molar-refractivity contribution in [3.63, 3.8) is 0 Å². The second-order valence-corrected chi connectivity index (χ2v) is 4.96. The Bertz CT molecular complexity index is 313. The summed E-state index contributed by atoms with van der Waals surface area (Å²) in [4.78, 5) is 0. The van der Waals surface area contributed by atoms with Gasteiger partial charge in [0.25, 0.3) is 0 Å². The molecule has 0 aromatic rings. The highest BCUT2D eigenvalue weighted by molar-refractivity contribution is 7.86. The van der Waals surface area contributed by atoms with E-state index >= 15 is 0 Å². The van der Waals surface area contributed by atoms with Gasteiger partial charge in [0.1, 0.15) is 5.76 Å². The maximum atomic E-state index is 10.9. The Morgan fingerprint density at radius 1 is 1.33 bits per heavy atom. The molecule has 15 heavy (non-hydrogen) atoms. The van der Waals surface area contributed by atoms with Gasteiger partial charge in [0, 0.05) is 0 Å². The second-order valence-electron chi connectivity index (χ2n) is 3.39. The van der Waals surface area contributed by atoms with Crippen LogP contribution in [-0.4, -0.2) is 14.7 Å². The fourth-order valence-corrected chi connectivity index (χ4v) is 1.58. The summed E-state index contributed by atoms with van der Waals surface area (Å²) in [6.45, 7) is 3.95. The van der Waals surface area contributed by atoms with Crippen molar-refractivity contribution in [3.05, 3.63) is 24.0 Å². The molecule has 0 saturated carbocycles. The van der Waals surface area contributed by atoms with E-state index in [1.807, 2.05) is 13.0 Å². The molecule has 0 aromatic carbocycles. The zero-order valence-corrected chi connectivity index (χ0v) is 10.5. The molecular weight excluding hydrogens is 212 g/mol. The first-order valence-corrected chi connectivity index (χ1v) is 7.03. The van der Waals surface area contributed by atoms with Crippen molar-refractivity contribution in [1.82, 2.24) is 0 Å². The minimum atomic E-state index is -3.41. The highest BCUT2D eigenvalue weighted by Crippen LogP contribution is 2.08. The maximum Gasteiger partial charge on any atom is 0.306 e. The van der Waals surface area contributed by atoms with Gasteiger partial charge >= 0.3 is 10.1 Å². The van der Waals surface area contributed by atoms with Gasteiger partial charge < -0.3 is 4.18 Å². The minimum Gasteiger partial charge on any atom is -0.383 e. The lowest BCUT2D eigenvalue weighted by Crippen LogP contribution is -2.01. The summed E-state index contributed by atoms with van der Waals surface area (Å²) in [5, 5.41) is 0. The number of hydrogen-bond acceptors (Lipinski definition) is 3. The Hall–Kier alpha value is -0.770. The largest absolute Gasteiger partial charge is 0.383 e. The third kappa shape index (κ3) is 9.53. The van der Waals surface area contributed by atoms with E-state index in [2.05, 4.69) is 6.92 Å². The number of rotatable bonds is 7. The molecule has 0 radical (unpaired) electrons. The summed E-state index contributed by atoms with van der Waals surface area (Å²) in [6.07, 6.45) is 10.5. The summed E-state index contributed by atoms with van der Waals surface area (Å²) < 4.78 is 26.6. The zero-order valence-electron chi connectivity index (χ0n) is 9.69. The van der Waals surface area contributed by atoms with Crippen LogP contribution in [0.1, 0.15) is 39.5 Å². The minimum absolute atomic E-state index is 0.413. The molecule has 0 aromatic heterocycles. The van der Waals surface area contributed by atoms with Crippen LogP contribution < -0.4 is 0 Å². The molecule has 0 aliphatic rings. The van der Waals surface area contributed by atoms with Gasteiger partial charge in [0.05, 0.1) is 6.26 Å². The highest BCUT2D eigenvalue weighted by Gasteiger charge is 2.03. The molecule has 0 amide bonds. The van der Waals surface area contributed by atoms with Crippen molar-refractivity contribution in [3.8, 4) is 0 Å². The summed E-state index contributed by atoms with van der Waals surface area (Å²) in [5.74, 6) is 0.413. The first-order valence-electron chi connectivity index (χ1n) is 5.22. The van der Waals surface area contributed by atoms with Crippen LogP contribution in [-0.2, 0) is 14.3 Å². The smallest absolute Gasteiger partial charge is 0.306 e. The Labute approximate surface area is 93.0 Å². The van der Waals surface area contributed by atoms with Crippen LogP contribution in [0.5, 0.6) is 0 Å². The molecule has 0 fully saturated rings. The van der Waals surface area contributed by atoms with Crippen molar-refractivity contribution >= 4 is 10.1 Å². The molecule has 0 saturated heterocycles. The van der Waals surface area contributed by atoms with Crippen molar-refractivity contribution < 1.29 is 12.6 Å². The fourth-order valence-electron chi connectivity index (χ4n) is 1.11. The normalized spacial score (nSPS) is 13.4. The first-order chi connectivity index (χ1) is 6.99. The van der Waals surface area contributed by atoms with Crippen LogP contribution in [0.3, 0.4) is 0 Å². The van der Waals surface area contributed by atoms with E-state index in [0.717, 1.165) is 31.9 Å². The predicted octanol–water partition coefficient (Wildman–Crippen LogP) is 3.00. The van der Waals surface area contributed by atoms with Crippen LogP contribution in [0, 0.1) is 0 Å². The molecule has 88 valence electrons. The molecule has 0 aliphatic heterocycles. The van der Waals surface area contributed by atoms with Gasteiger partial charge in [-0.05, 0) is 31.9 Å². The molecule has 0 N–H and O–H groups in total. The van der Waals surface area contributed by atoms with Crippen LogP contribution in [0.4, 0.5) is 0 Å². The van der Waals surface area contributed by atoms with Crippen LogP contribution in [0.25, 0.3) is 0 Å². The van der Waals surface area contributed by atoms with Crippen molar-refractivity contribution in [2.24, 2.45) is 0 Å². The van der Waals surface area contributed by atoms with Crippen molar-refractivity contribution in [2.75, 3.05) is 6.26 Å². The average molecular weight is 232 g/mol. The molecule has 0 unspecified atom stereocenters. The van der Waals surface area contributed by atoms with E-state index in [1.54, 1.807) is 12.2 Å². The molecule has 0 atom stereocenters. The van der Waals surface area contributed by atoms with Gasteiger partial charge in [0.15, 0.2) is 0 Å². The highest BCUT2D eigenvalue weighted by atomic mass is 32.2. The molecule has 0 spiro atoms. The Morgan fingerprint density at radius 3 is 2.47 bits per heavy atom. The standard InChI is InChI=1S/C11H20O3S/c1-4-6-7-8-10-11(9-5-2)14-15(3,12)13/h5,9-10H,4,6-8H2,1-3H3/b9-5+,11-10+. The van der Waals surface area contributed by atoms with Crippen molar-refractivity contribution in [1.29, 1.82) is 0 Å². The topological polar surface area (TPSA) is 43.4 Å². The molecular formula is C11H20O3S. The van der Waals surface area contributed by atoms with E-state index in [-0.39, 0.29) is 0 Å². The lowest BCUT2D eigenvalue weighted by Gasteiger charge is -2.03. The molecule has 0 aliphatic carbocycles. The van der Waals surface area contributed by atoms with Gasteiger partial charge in [0.2, 0.25) is 0 Å². The van der Waals surface area contributed by atoms with E-state index in [0.29, 0.717) is 5.76 Å². The monoisotopic (exact) mass is 232 g/mol. The van der Waals surface area contributed by atoms with Gasteiger partial charge in [-0.15, -0.1) is 0 Å². The van der Waals surface area contributed by atoms with E-state index < -0.39 is 10.1 Å². The summed E-state index contributed by atoms with van der Waals surface area (Å²) in [5.41, 5.74) is 0. The SMILES string of the molecule is C/C=C/C(=C\CCCCC)OS(C)(=O)=O. The summed E-state index contributed by atoms with van der Waals surface area (Å²) in [7, 11) is -3.41. The van der Waals surface area contributed by atoms with E-state index in [9.17, 15) is 8.42 Å². The lowest BCUT2D eigenvalue weighted by atomic mass is 10.2. The van der Waals surface area contributed by atoms with E-state index in [4.69, 9.17) is 4.18 Å². The van der Waals surface area contributed by atoms with Crippen LogP contribution in [0.2, 0.25) is 0 Å². The Morgan fingerprint density at radius 2 is 2.00 bits per heavy atom. The number of allylic oxidation sites excluding steroid dienone is 3. The number of unbranched alkanes of at least 4 members (excludes halogenated alkanes) is 3. The Kier molecular flexibility index (Phi) is 7.13. The third-order valence-electron chi connectivity index (χ3n) is 1.73. The van der Waals surface area contributed by atoms with Gasteiger partial charge in [-0.3, -0.25) is 0 Å². The van der Waals surface area contributed by atoms with Gasteiger partial charge in [-0.1, -0.05) is 25.8 Å².